The van der Waals surface area contributed by atoms with E-state index in [9.17, 15) is 0 Å². The smallest absolute Gasteiger partial charge is 0.143 e. The number of imidazole rings is 1. The molecule has 0 fully saturated rings. The summed E-state index contributed by atoms with van der Waals surface area (Å²) in [6.07, 6.45) is 2.09. The lowest BCUT2D eigenvalue weighted by atomic mass is 9.81. The number of nitrogens with zero attached hydrogens (tertiary/aromatic N) is 2. The first-order valence-electron chi connectivity index (χ1n) is 16.9. The molecule has 0 saturated carbocycles. The third-order valence-electron chi connectivity index (χ3n) is 10.5. The Morgan fingerprint density at radius 3 is 2.10 bits per heavy atom. The van der Waals surface area contributed by atoms with Crippen LogP contribution in [0, 0.1) is 0 Å². The van der Waals surface area contributed by atoms with Crippen LogP contribution in [-0.2, 0) is 5.41 Å². The molecule has 0 unspecified atom stereocenters. The van der Waals surface area contributed by atoms with E-state index in [2.05, 4.69) is 170 Å². The molecule has 9 aromatic rings. The number of hydrogen-bond donors (Lipinski definition) is 0. The van der Waals surface area contributed by atoms with Crippen LogP contribution in [0.15, 0.2) is 162 Å². The maximum Gasteiger partial charge on any atom is 0.143 e. The van der Waals surface area contributed by atoms with Crippen LogP contribution in [0.4, 0.5) is 0 Å². The summed E-state index contributed by atoms with van der Waals surface area (Å²) >= 11 is 0. The van der Waals surface area contributed by atoms with Crippen molar-refractivity contribution in [3.63, 3.8) is 0 Å². The summed E-state index contributed by atoms with van der Waals surface area (Å²) < 4.78 is 8.89. The van der Waals surface area contributed by atoms with Crippen molar-refractivity contribution in [1.82, 2.24) is 9.38 Å². The molecule has 10 rings (SSSR count). The summed E-state index contributed by atoms with van der Waals surface area (Å²) in [5.41, 5.74) is 17.0. The molecule has 3 heteroatoms. The van der Waals surface area contributed by atoms with Crippen molar-refractivity contribution in [1.29, 1.82) is 0 Å². The molecule has 0 aliphatic heterocycles. The number of furan rings is 1. The van der Waals surface area contributed by atoms with Gasteiger partial charge in [0.2, 0.25) is 0 Å². The van der Waals surface area contributed by atoms with E-state index in [1.165, 1.54) is 27.8 Å². The second-order valence-corrected chi connectivity index (χ2v) is 13.6. The Bertz CT molecular complexity index is 2730. The summed E-state index contributed by atoms with van der Waals surface area (Å²) in [5, 5.41) is 2.26. The van der Waals surface area contributed by atoms with E-state index < -0.39 is 0 Å². The van der Waals surface area contributed by atoms with Crippen LogP contribution in [0.1, 0.15) is 25.0 Å². The standard InChI is InChI=1S/C46H32N2O/c1-46(2)38-18-7-6-14-35(38)36-26-25-32(28-39(36)46)34-16-10-17-37-42-33(15-11-19-40(42)49-45(34)37)29-21-23-30(24-22-29)43-44(31-12-4-3-5-13-31)48-27-9-8-20-41(48)47-43/h3-28H,1-2H3. The molecule has 49 heavy (non-hydrogen) atoms. The molecule has 0 bridgehead atoms. The van der Waals surface area contributed by atoms with Crippen LogP contribution < -0.4 is 0 Å². The van der Waals surface area contributed by atoms with E-state index in [0.29, 0.717) is 0 Å². The van der Waals surface area contributed by atoms with Gasteiger partial charge in [-0.25, -0.2) is 4.98 Å². The minimum Gasteiger partial charge on any atom is -0.455 e. The number of rotatable bonds is 4. The maximum absolute atomic E-state index is 6.71. The van der Waals surface area contributed by atoms with Gasteiger partial charge in [-0.1, -0.05) is 141 Å². The normalized spacial score (nSPS) is 13.3. The summed E-state index contributed by atoms with van der Waals surface area (Å²) in [5.74, 6) is 0. The number of aromatic nitrogens is 2. The van der Waals surface area contributed by atoms with E-state index in [0.717, 1.165) is 66.8 Å². The Labute approximate surface area is 284 Å². The lowest BCUT2D eigenvalue weighted by molar-refractivity contribution is 0.660. The average molecular weight is 629 g/mol. The Balaban J connectivity index is 1.08. The summed E-state index contributed by atoms with van der Waals surface area (Å²) in [7, 11) is 0. The molecule has 0 atom stereocenters. The largest absolute Gasteiger partial charge is 0.455 e. The van der Waals surface area contributed by atoms with E-state index >= 15 is 0 Å². The first-order chi connectivity index (χ1) is 24.1. The molecule has 0 saturated heterocycles. The lowest BCUT2D eigenvalue weighted by Gasteiger charge is -2.22. The fourth-order valence-electron chi connectivity index (χ4n) is 8.06. The molecule has 1 aliphatic rings. The van der Waals surface area contributed by atoms with Crippen LogP contribution in [0.2, 0.25) is 0 Å². The number of hydrogen-bond acceptors (Lipinski definition) is 2. The van der Waals surface area contributed by atoms with Crippen LogP contribution >= 0.6 is 0 Å². The first kappa shape index (κ1) is 27.9. The van der Waals surface area contributed by atoms with Crippen LogP contribution in [0.25, 0.3) is 83.5 Å². The Morgan fingerprint density at radius 1 is 0.531 bits per heavy atom. The molecule has 3 aromatic heterocycles. The number of para-hydroxylation sites is 1. The minimum atomic E-state index is -0.0613. The highest BCUT2D eigenvalue weighted by molar-refractivity contribution is 6.15. The number of fused-ring (bicyclic) bond motifs is 7. The third-order valence-corrected chi connectivity index (χ3v) is 10.5. The van der Waals surface area contributed by atoms with Crippen LogP contribution in [-0.4, -0.2) is 9.38 Å². The van der Waals surface area contributed by atoms with Gasteiger partial charge in [0.25, 0.3) is 0 Å². The molecule has 3 nitrogen and oxygen atoms in total. The molecule has 6 aromatic carbocycles. The second-order valence-electron chi connectivity index (χ2n) is 13.6. The predicted molar refractivity (Wildman–Crippen MR) is 202 cm³/mol. The van der Waals surface area contributed by atoms with Gasteiger partial charge < -0.3 is 4.42 Å². The van der Waals surface area contributed by atoms with E-state index in [1.54, 1.807) is 0 Å². The molecule has 0 radical (unpaired) electrons. The predicted octanol–water partition coefficient (Wildman–Crippen LogP) is 12.2. The van der Waals surface area contributed by atoms with Gasteiger partial charge in [0.15, 0.2) is 0 Å². The summed E-state index contributed by atoms with van der Waals surface area (Å²) in [6, 6.07) is 54.1. The van der Waals surface area contributed by atoms with E-state index in [4.69, 9.17) is 9.40 Å². The van der Waals surface area contributed by atoms with E-state index in [1.807, 2.05) is 6.07 Å². The Morgan fingerprint density at radius 2 is 1.22 bits per heavy atom. The van der Waals surface area contributed by atoms with Gasteiger partial charge in [0.1, 0.15) is 16.8 Å². The van der Waals surface area contributed by atoms with Crippen LogP contribution in [0.5, 0.6) is 0 Å². The van der Waals surface area contributed by atoms with Gasteiger partial charge in [-0.2, -0.15) is 0 Å². The molecule has 0 amide bonds. The van der Waals surface area contributed by atoms with Gasteiger partial charge in [0, 0.05) is 39.1 Å². The molecular formula is C46H32N2O. The molecule has 232 valence electrons. The monoisotopic (exact) mass is 628 g/mol. The van der Waals surface area contributed by atoms with Crippen molar-refractivity contribution in [2.24, 2.45) is 0 Å². The van der Waals surface area contributed by atoms with Crippen molar-refractivity contribution in [3.8, 4) is 55.9 Å². The Hall–Kier alpha value is -6.19. The average Bonchev–Trinajstić information content (AvgIpc) is 3.80. The second kappa shape index (κ2) is 10.4. The van der Waals surface area contributed by atoms with Crippen molar-refractivity contribution >= 4 is 27.6 Å². The molecule has 0 spiro atoms. The highest BCUT2D eigenvalue weighted by atomic mass is 16.3. The SMILES string of the molecule is CC1(C)c2ccccc2-c2ccc(-c3cccc4c3oc3cccc(-c5ccc(-c6nc7ccccn7c6-c6ccccc6)cc5)c34)cc21. The van der Waals surface area contributed by atoms with Crippen molar-refractivity contribution < 1.29 is 4.42 Å². The zero-order chi connectivity index (χ0) is 32.7. The molecule has 0 N–H and O–H groups in total. The molecule has 1 aliphatic carbocycles. The zero-order valence-electron chi connectivity index (χ0n) is 27.3. The van der Waals surface area contributed by atoms with Crippen molar-refractivity contribution in [2.45, 2.75) is 19.3 Å². The molecular weight excluding hydrogens is 597 g/mol. The third kappa shape index (κ3) is 4.12. The maximum atomic E-state index is 6.71. The van der Waals surface area contributed by atoms with Gasteiger partial charge in [-0.15, -0.1) is 0 Å². The van der Waals surface area contributed by atoms with Crippen molar-refractivity contribution in [3.05, 3.63) is 169 Å². The fraction of sp³-hybridized carbons (Fsp3) is 0.0652. The fourth-order valence-corrected chi connectivity index (χ4v) is 8.06. The van der Waals surface area contributed by atoms with Crippen LogP contribution in [0.3, 0.4) is 0 Å². The van der Waals surface area contributed by atoms with Gasteiger partial charge >= 0.3 is 0 Å². The number of benzene rings is 6. The van der Waals surface area contributed by atoms with Gasteiger partial charge in [0.05, 0.1) is 11.4 Å². The van der Waals surface area contributed by atoms with Crippen molar-refractivity contribution in [2.75, 3.05) is 0 Å². The molecule has 3 heterocycles. The van der Waals surface area contributed by atoms with E-state index in [-0.39, 0.29) is 5.41 Å². The first-order valence-corrected chi connectivity index (χ1v) is 16.9. The topological polar surface area (TPSA) is 30.4 Å². The summed E-state index contributed by atoms with van der Waals surface area (Å²) in [6.45, 7) is 4.66. The zero-order valence-corrected chi connectivity index (χ0v) is 27.3. The number of pyridine rings is 1. The highest BCUT2D eigenvalue weighted by Crippen LogP contribution is 2.50. The minimum absolute atomic E-state index is 0.0613. The summed E-state index contributed by atoms with van der Waals surface area (Å²) in [4.78, 5) is 5.07. The van der Waals surface area contributed by atoms with Gasteiger partial charge in [-0.3, -0.25) is 4.40 Å². The highest BCUT2D eigenvalue weighted by Gasteiger charge is 2.35. The lowest BCUT2D eigenvalue weighted by Crippen LogP contribution is -2.14. The quantitative estimate of drug-likeness (QED) is 0.194. The van der Waals surface area contributed by atoms with Gasteiger partial charge in [-0.05, 0) is 63.2 Å². The Kier molecular flexibility index (Phi) is 5.92.